The fraction of sp³-hybridized carbons (Fsp3) is 0.600. The van der Waals surface area contributed by atoms with Crippen molar-refractivity contribution >= 4 is 5.69 Å². The zero-order valence-corrected chi connectivity index (χ0v) is 11.4. The summed E-state index contributed by atoms with van der Waals surface area (Å²) in [5.74, 6) is 0. The molecule has 3 heteroatoms. The first kappa shape index (κ1) is 13.4. The third kappa shape index (κ3) is 3.47. The van der Waals surface area contributed by atoms with Crippen LogP contribution in [0.4, 0.5) is 5.69 Å². The van der Waals surface area contributed by atoms with Gasteiger partial charge >= 0.3 is 0 Å². The van der Waals surface area contributed by atoms with E-state index in [2.05, 4.69) is 43.0 Å². The Hall–Kier alpha value is -1.06. The summed E-state index contributed by atoms with van der Waals surface area (Å²) in [4.78, 5) is 2.43. The predicted molar refractivity (Wildman–Crippen MR) is 75.8 cm³/mol. The van der Waals surface area contributed by atoms with E-state index in [0.29, 0.717) is 18.8 Å². The molecule has 0 saturated carbocycles. The normalized spacial score (nSPS) is 17.4. The number of ether oxygens (including phenoxy) is 1. The number of anilines is 1. The Morgan fingerprint density at radius 2 is 1.83 bits per heavy atom. The Bertz CT molecular complexity index is 353. The van der Waals surface area contributed by atoms with E-state index in [1.807, 2.05) is 0 Å². The predicted octanol–water partition coefficient (Wildman–Crippen LogP) is 2.54. The molecule has 3 nitrogen and oxygen atoms in total. The molecule has 0 radical (unpaired) electrons. The SMILES string of the molecule is CC(C)OC1CCN(c2ccc(CN)cc2)CC1. The number of piperidine rings is 1. The second-order valence-corrected chi connectivity index (χ2v) is 5.24. The summed E-state index contributed by atoms with van der Waals surface area (Å²) >= 11 is 0. The van der Waals surface area contributed by atoms with Crippen molar-refractivity contribution in [3.8, 4) is 0 Å². The minimum atomic E-state index is 0.338. The summed E-state index contributed by atoms with van der Waals surface area (Å²) in [5, 5.41) is 0. The molecule has 1 fully saturated rings. The number of rotatable bonds is 4. The van der Waals surface area contributed by atoms with E-state index in [0.717, 1.165) is 25.9 Å². The molecule has 0 unspecified atom stereocenters. The van der Waals surface area contributed by atoms with Gasteiger partial charge in [-0.3, -0.25) is 0 Å². The Kier molecular flexibility index (Phi) is 4.61. The molecule has 0 amide bonds. The molecular weight excluding hydrogens is 224 g/mol. The van der Waals surface area contributed by atoms with Gasteiger partial charge in [0.25, 0.3) is 0 Å². The lowest BCUT2D eigenvalue weighted by Gasteiger charge is -2.34. The average Bonchev–Trinajstić information content (AvgIpc) is 2.39. The van der Waals surface area contributed by atoms with Crippen LogP contribution in [0, 0.1) is 0 Å². The van der Waals surface area contributed by atoms with Crippen molar-refractivity contribution in [1.29, 1.82) is 0 Å². The summed E-state index contributed by atoms with van der Waals surface area (Å²) in [7, 11) is 0. The van der Waals surface area contributed by atoms with Crippen LogP contribution in [0.25, 0.3) is 0 Å². The van der Waals surface area contributed by atoms with Gasteiger partial charge in [0.05, 0.1) is 12.2 Å². The maximum Gasteiger partial charge on any atom is 0.0612 e. The Morgan fingerprint density at radius 3 is 2.33 bits per heavy atom. The van der Waals surface area contributed by atoms with Crippen LogP contribution in [0.5, 0.6) is 0 Å². The molecule has 2 rings (SSSR count). The van der Waals surface area contributed by atoms with Gasteiger partial charge in [0.1, 0.15) is 0 Å². The first-order chi connectivity index (χ1) is 8.69. The molecule has 0 aliphatic carbocycles. The molecule has 1 saturated heterocycles. The average molecular weight is 248 g/mol. The van der Waals surface area contributed by atoms with Crippen molar-refractivity contribution in [2.24, 2.45) is 5.73 Å². The third-order valence-electron chi connectivity index (χ3n) is 3.44. The van der Waals surface area contributed by atoms with Crippen LogP contribution in [-0.2, 0) is 11.3 Å². The number of nitrogens with two attached hydrogens (primary N) is 1. The van der Waals surface area contributed by atoms with E-state index >= 15 is 0 Å². The Labute approximate surface area is 110 Å². The highest BCUT2D eigenvalue weighted by atomic mass is 16.5. The minimum Gasteiger partial charge on any atom is -0.375 e. The van der Waals surface area contributed by atoms with Gasteiger partial charge in [-0.15, -0.1) is 0 Å². The smallest absolute Gasteiger partial charge is 0.0612 e. The molecule has 18 heavy (non-hydrogen) atoms. The topological polar surface area (TPSA) is 38.5 Å². The van der Waals surface area contributed by atoms with Gasteiger partial charge in [-0.05, 0) is 44.4 Å². The van der Waals surface area contributed by atoms with E-state index < -0.39 is 0 Å². The van der Waals surface area contributed by atoms with E-state index in [-0.39, 0.29) is 0 Å². The lowest BCUT2D eigenvalue weighted by Crippen LogP contribution is -2.37. The first-order valence-electron chi connectivity index (χ1n) is 6.88. The lowest BCUT2D eigenvalue weighted by molar-refractivity contribution is -0.00478. The second kappa shape index (κ2) is 6.21. The maximum absolute atomic E-state index is 5.87. The summed E-state index contributed by atoms with van der Waals surface area (Å²) in [6, 6.07) is 8.58. The first-order valence-corrected chi connectivity index (χ1v) is 6.88. The zero-order chi connectivity index (χ0) is 13.0. The third-order valence-corrected chi connectivity index (χ3v) is 3.44. The molecule has 100 valence electrons. The lowest BCUT2D eigenvalue weighted by atomic mass is 10.1. The van der Waals surface area contributed by atoms with Crippen molar-refractivity contribution in [3.63, 3.8) is 0 Å². The molecule has 0 spiro atoms. The van der Waals surface area contributed by atoms with E-state index in [4.69, 9.17) is 10.5 Å². The van der Waals surface area contributed by atoms with Crippen molar-refractivity contribution < 1.29 is 4.74 Å². The second-order valence-electron chi connectivity index (χ2n) is 5.24. The largest absolute Gasteiger partial charge is 0.375 e. The molecule has 2 N–H and O–H groups in total. The van der Waals surface area contributed by atoms with Crippen LogP contribution in [0.3, 0.4) is 0 Å². The monoisotopic (exact) mass is 248 g/mol. The van der Waals surface area contributed by atoms with Gasteiger partial charge in [0.2, 0.25) is 0 Å². The number of nitrogens with zero attached hydrogens (tertiary/aromatic N) is 1. The quantitative estimate of drug-likeness (QED) is 0.890. The van der Waals surface area contributed by atoms with Gasteiger partial charge in [0, 0.05) is 25.3 Å². The summed E-state index contributed by atoms with van der Waals surface area (Å²) in [6.45, 7) is 7.00. The van der Waals surface area contributed by atoms with Crippen molar-refractivity contribution in [1.82, 2.24) is 0 Å². The molecular formula is C15H24N2O. The van der Waals surface area contributed by atoms with Crippen LogP contribution in [0.15, 0.2) is 24.3 Å². The van der Waals surface area contributed by atoms with Crippen LogP contribution in [0.2, 0.25) is 0 Å². The van der Waals surface area contributed by atoms with Gasteiger partial charge in [-0.2, -0.15) is 0 Å². The Morgan fingerprint density at radius 1 is 1.22 bits per heavy atom. The van der Waals surface area contributed by atoms with Gasteiger partial charge in [-0.1, -0.05) is 12.1 Å². The fourth-order valence-electron chi connectivity index (χ4n) is 2.48. The molecule has 1 aromatic rings. The van der Waals surface area contributed by atoms with Gasteiger partial charge in [-0.25, -0.2) is 0 Å². The van der Waals surface area contributed by atoms with Crippen LogP contribution < -0.4 is 10.6 Å². The Balaban J connectivity index is 1.88. The molecule has 1 aromatic carbocycles. The van der Waals surface area contributed by atoms with Crippen molar-refractivity contribution in [2.45, 2.75) is 45.4 Å². The van der Waals surface area contributed by atoms with Crippen LogP contribution in [0.1, 0.15) is 32.3 Å². The van der Waals surface area contributed by atoms with E-state index in [1.165, 1.54) is 11.3 Å². The minimum absolute atomic E-state index is 0.338. The van der Waals surface area contributed by atoms with Gasteiger partial charge < -0.3 is 15.4 Å². The summed E-state index contributed by atoms with van der Waals surface area (Å²) in [5.41, 5.74) is 8.11. The number of hydrogen-bond donors (Lipinski definition) is 1. The number of benzene rings is 1. The van der Waals surface area contributed by atoms with Crippen molar-refractivity contribution in [2.75, 3.05) is 18.0 Å². The van der Waals surface area contributed by atoms with Crippen molar-refractivity contribution in [3.05, 3.63) is 29.8 Å². The standard InChI is InChI=1S/C15H24N2O/c1-12(2)18-15-7-9-17(10-8-15)14-5-3-13(11-16)4-6-14/h3-6,12,15H,7-11,16H2,1-2H3. The van der Waals surface area contributed by atoms with Crippen LogP contribution in [-0.4, -0.2) is 25.3 Å². The van der Waals surface area contributed by atoms with Crippen LogP contribution >= 0.6 is 0 Å². The zero-order valence-electron chi connectivity index (χ0n) is 11.4. The highest BCUT2D eigenvalue weighted by Crippen LogP contribution is 2.22. The molecule has 1 aliphatic rings. The molecule has 0 atom stereocenters. The molecule has 0 bridgehead atoms. The molecule has 0 aromatic heterocycles. The fourth-order valence-corrected chi connectivity index (χ4v) is 2.48. The van der Waals surface area contributed by atoms with E-state index in [1.54, 1.807) is 0 Å². The summed E-state index contributed by atoms with van der Waals surface area (Å²) < 4.78 is 5.87. The molecule has 1 aliphatic heterocycles. The van der Waals surface area contributed by atoms with E-state index in [9.17, 15) is 0 Å². The molecule has 1 heterocycles. The highest BCUT2D eigenvalue weighted by Gasteiger charge is 2.20. The summed E-state index contributed by atoms with van der Waals surface area (Å²) in [6.07, 6.45) is 3.02. The maximum atomic E-state index is 5.87. The van der Waals surface area contributed by atoms with Gasteiger partial charge in [0.15, 0.2) is 0 Å². The number of hydrogen-bond acceptors (Lipinski definition) is 3. The highest BCUT2D eigenvalue weighted by molar-refractivity contribution is 5.48.